The minimum Gasteiger partial charge on any atom is -0.251 e. The van der Waals surface area contributed by atoms with Crippen molar-refractivity contribution >= 4 is 23.6 Å². The van der Waals surface area contributed by atoms with E-state index in [-0.39, 0.29) is 0 Å². The molecule has 2 aromatic rings. The molecule has 13 heavy (non-hydrogen) atoms. The maximum atomic E-state index is 4.15. The summed E-state index contributed by atoms with van der Waals surface area (Å²) in [5, 5.41) is 0. The largest absolute Gasteiger partial charge is 0.251 e. The number of fused-ring (bicyclic) bond motifs is 1. The first-order chi connectivity index (χ1) is 6.27. The van der Waals surface area contributed by atoms with E-state index in [4.69, 9.17) is 0 Å². The molecule has 4 heteroatoms. The van der Waals surface area contributed by atoms with Crippen molar-refractivity contribution in [2.75, 3.05) is 7.05 Å². The fourth-order valence-electron chi connectivity index (χ4n) is 1.06. The number of pyridine rings is 1. The van der Waals surface area contributed by atoms with E-state index in [2.05, 4.69) is 21.7 Å². The molecule has 0 aromatic carbocycles. The Morgan fingerprint density at radius 1 is 1.23 bits per heavy atom. The second-order valence-corrected chi connectivity index (χ2v) is 2.79. The maximum Gasteiger partial charge on any atom is 0.225 e. The fraction of sp³-hybridized carbons (Fsp3) is 0.111. The SMILES string of the molecule is C=[N+](C)c1cnc2nccnc2c1. The number of hydrogen-bond donors (Lipinski definition) is 0. The van der Waals surface area contributed by atoms with E-state index in [0.717, 1.165) is 11.2 Å². The topological polar surface area (TPSA) is 41.7 Å². The van der Waals surface area contributed by atoms with Crippen molar-refractivity contribution in [3.05, 3.63) is 24.7 Å². The van der Waals surface area contributed by atoms with Crippen molar-refractivity contribution < 1.29 is 4.58 Å². The van der Waals surface area contributed by atoms with Gasteiger partial charge in [0.25, 0.3) is 0 Å². The van der Waals surface area contributed by atoms with Crippen LogP contribution < -0.4 is 0 Å². The van der Waals surface area contributed by atoms with E-state index in [1.54, 1.807) is 23.2 Å². The lowest BCUT2D eigenvalue weighted by molar-refractivity contribution is -0.394. The highest BCUT2D eigenvalue weighted by atomic mass is 15.0. The van der Waals surface area contributed by atoms with Crippen molar-refractivity contribution in [3.8, 4) is 0 Å². The third-order valence-electron chi connectivity index (χ3n) is 1.75. The molecule has 0 saturated carbocycles. The summed E-state index contributed by atoms with van der Waals surface area (Å²) in [6.45, 7) is 3.76. The number of rotatable bonds is 1. The summed E-state index contributed by atoms with van der Waals surface area (Å²) in [7, 11) is 1.86. The van der Waals surface area contributed by atoms with Crippen LogP contribution in [0, 0.1) is 0 Å². The molecule has 0 atom stereocenters. The molecular weight excluding hydrogens is 164 g/mol. The van der Waals surface area contributed by atoms with Crippen LogP contribution in [0.25, 0.3) is 11.2 Å². The molecular formula is C9H9N4+. The molecule has 0 amide bonds. The molecule has 4 nitrogen and oxygen atoms in total. The summed E-state index contributed by atoms with van der Waals surface area (Å²) >= 11 is 0. The Kier molecular flexibility index (Phi) is 1.73. The quantitative estimate of drug-likeness (QED) is 0.477. The third-order valence-corrected chi connectivity index (χ3v) is 1.75. The van der Waals surface area contributed by atoms with Gasteiger partial charge >= 0.3 is 0 Å². The summed E-state index contributed by atoms with van der Waals surface area (Å²) < 4.78 is 1.74. The normalized spacial score (nSPS) is 10.2. The van der Waals surface area contributed by atoms with Crippen LogP contribution in [-0.2, 0) is 0 Å². The molecule has 0 radical (unpaired) electrons. The molecule has 2 heterocycles. The van der Waals surface area contributed by atoms with E-state index in [0.29, 0.717) is 5.65 Å². The zero-order valence-electron chi connectivity index (χ0n) is 7.31. The van der Waals surface area contributed by atoms with Gasteiger partial charge in [-0.05, 0) is 0 Å². The van der Waals surface area contributed by atoms with Crippen LogP contribution in [0.4, 0.5) is 5.69 Å². The van der Waals surface area contributed by atoms with E-state index >= 15 is 0 Å². The highest BCUT2D eigenvalue weighted by Crippen LogP contribution is 2.12. The molecule has 2 aromatic heterocycles. The Morgan fingerprint density at radius 2 is 2.00 bits per heavy atom. The van der Waals surface area contributed by atoms with Gasteiger partial charge in [-0.1, -0.05) is 0 Å². The van der Waals surface area contributed by atoms with Crippen molar-refractivity contribution in [3.63, 3.8) is 0 Å². The smallest absolute Gasteiger partial charge is 0.225 e. The van der Waals surface area contributed by atoms with Gasteiger partial charge in [-0.2, -0.15) is 0 Å². The maximum absolute atomic E-state index is 4.15. The lowest BCUT2D eigenvalue weighted by Gasteiger charge is -1.95. The van der Waals surface area contributed by atoms with Crippen LogP contribution in [0.15, 0.2) is 24.7 Å². The molecule has 0 unspecified atom stereocenters. The lowest BCUT2D eigenvalue weighted by atomic mass is 10.3. The number of hydrogen-bond acceptors (Lipinski definition) is 3. The molecule has 0 spiro atoms. The van der Waals surface area contributed by atoms with Gasteiger partial charge in [0.15, 0.2) is 5.65 Å². The van der Waals surface area contributed by atoms with Gasteiger partial charge in [0.05, 0.1) is 0 Å². The highest BCUT2D eigenvalue weighted by molar-refractivity contribution is 5.71. The van der Waals surface area contributed by atoms with Crippen LogP contribution in [0.5, 0.6) is 0 Å². The molecule has 2 rings (SSSR count). The first-order valence-electron chi connectivity index (χ1n) is 3.88. The monoisotopic (exact) mass is 173 g/mol. The van der Waals surface area contributed by atoms with Crippen LogP contribution in [0.1, 0.15) is 0 Å². The van der Waals surface area contributed by atoms with Gasteiger partial charge in [-0.15, -0.1) is 0 Å². The minimum absolute atomic E-state index is 0.660. The Hall–Kier alpha value is -1.84. The van der Waals surface area contributed by atoms with Gasteiger partial charge in [0, 0.05) is 18.5 Å². The first-order valence-corrected chi connectivity index (χ1v) is 3.88. The predicted molar refractivity (Wildman–Crippen MR) is 50.3 cm³/mol. The van der Waals surface area contributed by atoms with Crippen LogP contribution >= 0.6 is 0 Å². The molecule has 64 valence electrons. The molecule has 0 bridgehead atoms. The van der Waals surface area contributed by atoms with Crippen LogP contribution in [0.3, 0.4) is 0 Å². The van der Waals surface area contributed by atoms with E-state index in [1.165, 1.54) is 0 Å². The average Bonchev–Trinajstić information content (AvgIpc) is 2.17. The van der Waals surface area contributed by atoms with Gasteiger partial charge in [-0.25, -0.2) is 14.5 Å². The van der Waals surface area contributed by atoms with E-state index in [9.17, 15) is 0 Å². The van der Waals surface area contributed by atoms with Gasteiger partial charge in [0.2, 0.25) is 5.69 Å². The summed E-state index contributed by atoms with van der Waals surface area (Å²) in [4.78, 5) is 12.4. The van der Waals surface area contributed by atoms with Crippen molar-refractivity contribution in [1.29, 1.82) is 0 Å². The van der Waals surface area contributed by atoms with Crippen molar-refractivity contribution in [1.82, 2.24) is 15.0 Å². The minimum atomic E-state index is 0.660. The highest BCUT2D eigenvalue weighted by Gasteiger charge is 2.03. The van der Waals surface area contributed by atoms with E-state index in [1.807, 2.05) is 13.1 Å². The lowest BCUT2D eigenvalue weighted by Crippen LogP contribution is -1.94. The first kappa shape index (κ1) is 7.79. The van der Waals surface area contributed by atoms with Crippen LogP contribution in [0.2, 0.25) is 0 Å². The Bertz CT molecular complexity index is 464. The fourth-order valence-corrected chi connectivity index (χ4v) is 1.06. The van der Waals surface area contributed by atoms with Gasteiger partial charge < -0.3 is 0 Å². The second-order valence-electron chi connectivity index (χ2n) is 2.79. The van der Waals surface area contributed by atoms with E-state index < -0.39 is 0 Å². The molecule has 0 aliphatic carbocycles. The standard InChI is InChI=1S/C9H9N4/c1-13(2)7-5-8-9(12-6-7)11-4-3-10-8/h3-6H,1H2,2H3/q+1. The number of aromatic nitrogens is 3. The Morgan fingerprint density at radius 3 is 2.77 bits per heavy atom. The Balaban J connectivity index is 2.69. The molecule has 0 aliphatic rings. The molecule has 0 aliphatic heterocycles. The Labute approximate surface area is 75.6 Å². The molecule has 0 fully saturated rings. The second kappa shape index (κ2) is 2.90. The summed E-state index contributed by atoms with van der Waals surface area (Å²) in [5.74, 6) is 0. The summed E-state index contributed by atoms with van der Waals surface area (Å²) in [5.41, 5.74) is 2.37. The summed E-state index contributed by atoms with van der Waals surface area (Å²) in [6.07, 6.45) is 5.00. The third kappa shape index (κ3) is 1.38. The zero-order chi connectivity index (χ0) is 9.26. The van der Waals surface area contributed by atoms with Crippen molar-refractivity contribution in [2.45, 2.75) is 0 Å². The average molecular weight is 173 g/mol. The zero-order valence-corrected chi connectivity index (χ0v) is 7.31. The van der Waals surface area contributed by atoms with Gasteiger partial charge in [0.1, 0.15) is 25.5 Å². The summed E-state index contributed by atoms with van der Waals surface area (Å²) in [6, 6.07) is 1.91. The molecule has 0 saturated heterocycles. The van der Waals surface area contributed by atoms with Crippen molar-refractivity contribution in [2.24, 2.45) is 0 Å². The van der Waals surface area contributed by atoms with Gasteiger partial charge in [-0.3, -0.25) is 4.98 Å². The molecule has 0 N–H and O–H groups in total. The predicted octanol–water partition coefficient (Wildman–Crippen LogP) is 0.999. The number of nitrogens with zero attached hydrogens (tertiary/aromatic N) is 4. The van der Waals surface area contributed by atoms with Crippen LogP contribution in [-0.4, -0.2) is 33.3 Å².